The van der Waals surface area contributed by atoms with Gasteiger partial charge < -0.3 is 14.5 Å². The van der Waals surface area contributed by atoms with Crippen molar-refractivity contribution in [3.05, 3.63) is 137 Å². The first kappa shape index (κ1) is 28.3. The van der Waals surface area contributed by atoms with Crippen LogP contribution in [0.1, 0.15) is 49.9 Å². The summed E-state index contributed by atoms with van der Waals surface area (Å²) >= 11 is 0. The van der Waals surface area contributed by atoms with Gasteiger partial charge in [-0.3, -0.25) is 9.59 Å². The van der Waals surface area contributed by atoms with E-state index in [1.165, 1.54) is 24.3 Å². The third kappa shape index (κ3) is 6.05. The summed E-state index contributed by atoms with van der Waals surface area (Å²) in [5.41, 5.74) is 4.66. The second-order valence-corrected chi connectivity index (χ2v) is 11.1. The number of ether oxygens (including phenoxy) is 1. The van der Waals surface area contributed by atoms with Crippen LogP contribution in [0.4, 0.5) is 4.39 Å². The van der Waals surface area contributed by atoms with Crippen LogP contribution < -0.4 is 4.74 Å². The molecule has 8 heteroatoms. The number of para-hydroxylation sites is 1. The fourth-order valence-corrected chi connectivity index (χ4v) is 5.50. The van der Waals surface area contributed by atoms with Crippen LogP contribution in [-0.4, -0.2) is 65.6 Å². The number of nitrogens with zero attached hydrogens (tertiary/aromatic N) is 4. The molecule has 0 radical (unpaired) electrons. The third-order valence-corrected chi connectivity index (χ3v) is 7.84. The highest BCUT2D eigenvalue weighted by atomic mass is 19.1. The van der Waals surface area contributed by atoms with Crippen molar-refractivity contribution in [3.8, 4) is 5.75 Å². The maximum absolute atomic E-state index is 13.6. The minimum atomic E-state index is -0.980. The van der Waals surface area contributed by atoms with Crippen molar-refractivity contribution >= 4 is 17.4 Å². The Labute approximate surface area is 250 Å². The first-order chi connectivity index (χ1) is 20.9. The molecule has 43 heavy (non-hydrogen) atoms. The Kier molecular flexibility index (Phi) is 8.03. The lowest BCUT2D eigenvalue weighted by atomic mass is 9.95. The molecular weight excluding hydrogens is 543 g/mol. The van der Waals surface area contributed by atoms with Gasteiger partial charge in [-0.2, -0.15) is 5.10 Å². The fourth-order valence-electron chi connectivity index (χ4n) is 5.50. The van der Waals surface area contributed by atoms with Gasteiger partial charge in [-0.05, 0) is 67.7 Å². The smallest absolute Gasteiger partial charge is 0.254 e. The predicted octanol–water partition coefficient (Wildman–Crippen LogP) is 5.78. The normalized spacial score (nSPS) is 17.1. The van der Waals surface area contributed by atoms with Crippen LogP contribution in [0.2, 0.25) is 0 Å². The van der Waals surface area contributed by atoms with E-state index in [0.717, 1.165) is 28.9 Å². The molecule has 0 aliphatic carbocycles. The van der Waals surface area contributed by atoms with Crippen LogP contribution in [0.5, 0.6) is 5.75 Å². The Balaban J connectivity index is 1.25. The molecule has 1 amide bonds. The van der Waals surface area contributed by atoms with Crippen molar-refractivity contribution in [1.29, 1.82) is 0 Å². The maximum Gasteiger partial charge on any atom is 0.254 e. The lowest BCUT2D eigenvalue weighted by molar-refractivity contribution is -0.00456. The summed E-state index contributed by atoms with van der Waals surface area (Å²) in [7, 11) is 3.99. The summed E-state index contributed by atoms with van der Waals surface area (Å²) in [6, 6.07) is 30.5. The SMILES string of the molecule is CN(C)CCN(Cc1ccccc1)C(=O)c1ccc(C2=NN3C(C(=O)c4ccc(F)cc4)Oc4ccccc4C3C2)cc1. The lowest BCUT2D eigenvalue weighted by Crippen LogP contribution is -2.45. The van der Waals surface area contributed by atoms with E-state index in [0.29, 0.717) is 36.4 Å². The van der Waals surface area contributed by atoms with Gasteiger partial charge in [0.05, 0.1) is 11.8 Å². The molecule has 2 heterocycles. The Morgan fingerprint density at radius 2 is 1.53 bits per heavy atom. The molecule has 2 unspecified atom stereocenters. The summed E-state index contributed by atoms with van der Waals surface area (Å²) in [5.74, 6) is -0.0940. The Morgan fingerprint density at radius 1 is 0.860 bits per heavy atom. The quantitative estimate of drug-likeness (QED) is 0.236. The molecule has 0 fully saturated rings. The number of fused-ring (bicyclic) bond motifs is 3. The van der Waals surface area contributed by atoms with E-state index in [4.69, 9.17) is 9.84 Å². The minimum Gasteiger partial charge on any atom is -0.461 e. The van der Waals surface area contributed by atoms with Crippen LogP contribution in [0.25, 0.3) is 0 Å². The Bertz CT molecular complexity index is 1640. The van der Waals surface area contributed by atoms with Crippen molar-refractivity contribution in [1.82, 2.24) is 14.8 Å². The number of Topliss-reactive ketones (excluding diaryl/α,β-unsaturated/α-hetero) is 1. The van der Waals surface area contributed by atoms with E-state index in [1.807, 2.05) is 97.9 Å². The van der Waals surface area contributed by atoms with Gasteiger partial charge in [0.2, 0.25) is 5.78 Å². The zero-order chi connectivity index (χ0) is 29.9. The average molecular weight is 577 g/mol. The molecule has 0 N–H and O–H groups in total. The number of carbonyl (C=O) groups excluding carboxylic acids is 2. The summed E-state index contributed by atoms with van der Waals surface area (Å²) in [5, 5.41) is 6.58. The second kappa shape index (κ2) is 12.2. The van der Waals surface area contributed by atoms with Gasteiger partial charge in [0.25, 0.3) is 12.1 Å². The number of likely N-dealkylation sites (N-methyl/N-ethyl adjacent to an activating group) is 1. The van der Waals surface area contributed by atoms with Crippen LogP contribution >= 0.6 is 0 Å². The first-order valence-corrected chi connectivity index (χ1v) is 14.4. The van der Waals surface area contributed by atoms with Crippen LogP contribution in [0.15, 0.2) is 108 Å². The summed E-state index contributed by atoms with van der Waals surface area (Å²) in [4.78, 5) is 31.1. The van der Waals surface area contributed by atoms with Crippen LogP contribution in [0.3, 0.4) is 0 Å². The molecule has 0 bridgehead atoms. The van der Waals surface area contributed by atoms with E-state index in [9.17, 15) is 14.0 Å². The highest BCUT2D eigenvalue weighted by Crippen LogP contribution is 2.43. The van der Waals surface area contributed by atoms with Gasteiger partial charge in [-0.25, -0.2) is 9.40 Å². The van der Waals surface area contributed by atoms with Gasteiger partial charge in [-0.15, -0.1) is 0 Å². The van der Waals surface area contributed by atoms with Crippen LogP contribution in [0, 0.1) is 5.82 Å². The molecular formula is C35H33FN4O3. The van der Waals surface area contributed by atoms with E-state index < -0.39 is 12.0 Å². The molecule has 0 spiro atoms. The molecule has 0 aromatic heterocycles. The van der Waals surface area contributed by atoms with Crippen molar-refractivity contribution in [3.63, 3.8) is 0 Å². The van der Waals surface area contributed by atoms with Gasteiger partial charge in [0.15, 0.2) is 0 Å². The van der Waals surface area contributed by atoms with E-state index in [1.54, 1.807) is 5.01 Å². The zero-order valence-electron chi connectivity index (χ0n) is 24.2. The monoisotopic (exact) mass is 576 g/mol. The topological polar surface area (TPSA) is 65.5 Å². The van der Waals surface area contributed by atoms with Crippen molar-refractivity contribution in [2.24, 2.45) is 5.10 Å². The number of benzene rings is 4. The van der Waals surface area contributed by atoms with Gasteiger partial charge >= 0.3 is 0 Å². The van der Waals surface area contributed by atoms with E-state index >= 15 is 0 Å². The number of hydrogen-bond acceptors (Lipinski definition) is 6. The molecule has 218 valence electrons. The molecule has 2 atom stereocenters. The number of amides is 1. The number of carbonyl (C=O) groups is 2. The average Bonchev–Trinajstić information content (AvgIpc) is 3.49. The highest BCUT2D eigenvalue weighted by Gasteiger charge is 2.43. The summed E-state index contributed by atoms with van der Waals surface area (Å²) in [6.45, 7) is 1.89. The summed E-state index contributed by atoms with van der Waals surface area (Å²) < 4.78 is 19.7. The molecule has 6 rings (SSSR count). The third-order valence-electron chi connectivity index (χ3n) is 7.84. The molecule has 4 aromatic rings. The molecule has 2 aliphatic heterocycles. The first-order valence-electron chi connectivity index (χ1n) is 14.4. The van der Waals surface area contributed by atoms with Crippen molar-refractivity contribution in [2.45, 2.75) is 25.2 Å². The lowest BCUT2D eigenvalue weighted by Gasteiger charge is -2.37. The van der Waals surface area contributed by atoms with E-state index in [-0.39, 0.29) is 17.7 Å². The van der Waals surface area contributed by atoms with Crippen molar-refractivity contribution in [2.75, 3.05) is 27.2 Å². The standard InChI is InChI=1S/C35H33FN4O3/c1-38(2)20-21-39(23-24-8-4-3-5-9-24)34(42)27-14-12-25(13-15-27)30-22-31-29-10-6-7-11-32(29)43-35(40(31)37-30)33(41)26-16-18-28(36)19-17-26/h3-19,31,35H,20-23H2,1-2H3. The van der Waals surface area contributed by atoms with Gasteiger partial charge in [0, 0.05) is 42.7 Å². The molecule has 0 saturated heterocycles. The van der Waals surface area contributed by atoms with Crippen molar-refractivity contribution < 1.29 is 18.7 Å². The Hall–Kier alpha value is -4.82. The van der Waals surface area contributed by atoms with Gasteiger partial charge in [0.1, 0.15) is 11.6 Å². The molecule has 2 aliphatic rings. The number of ketones is 1. The molecule has 7 nitrogen and oxygen atoms in total. The van der Waals surface area contributed by atoms with E-state index in [2.05, 4.69) is 4.90 Å². The number of halogens is 1. The fraction of sp³-hybridized carbons (Fsp3) is 0.229. The highest BCUT2D eigenvalue weighted by molar-refractivity contribution is 6.04. The van der Waals surface area contributed by atoms with Gasteiger partial charge in [-0.1, -0.05) is 60.7 Å². The Morgan fingerprint density at radius 3 is 2.26 bits per heavy atom. The maximum atomic E-state index is 13.6. The molecule has 4 aromatic carbocycles. The number of hydrazone groups is 1. The second-order valence-electron chi connectivity index (χ2n) is 11.1. The minimum absolute atomic E-state index is 0.0321. The predicted molar refractivity (Wildman–Crippen MR) is 164 cm³/mol. The molecule has 0 saturated carbocycles. The number of rotatable bonds is 9. The zero-order valence-corrected chi connectivity index (χ0v) is 24.2. The summed E-state index contributed by atoms with van der Waals surface area (Å²) in [6.07, 6.45) is -0.406. The number of hydrogen-bond donors (Lipinski definition) is 0. The largest absolute Gasteiger partial charge is 0.461 e. The van der Waals surface area contributed by atoms with Crippen LogP contribution in [-0.2, 0) is 6.54 Å².